The van der Waals surface area contributed by atoms with Crippen LogP contribution < -0.4 is 0 Å². The van der Waals surface area contributed by atoms with Crippen LogP contribution in [0.3, 0.4) is 0 Å². The summed E-state index contributed by atoms with van der Waals surface area (Å²) in [6, 6.07) is 0. The van der Waals surface area contributed by atoms with E-state index in [1.165, 1.54) is 0 Å². The van der Waals surface area contributed by atoms with Crippen LogP contribution in [0.25, 0.3) is 0 Å². The van der Waals surface area contributed by atoms with E-state index in [1.807, 2.05) is 24.3 Å². The fraction of sp³-hybridized carbons (Fsp3) is 0. The Morgan fingerprint density at radius 3 is 0.800 bits per heavy atom. The summed E-state index contributed by atoms with van der Waals surface area (Å²) in [6.45, 7) is 0. The number of rotatable bonds is 0. The monoisotopic (exact) mass is 216 g/mol. The van der Waals surface area contributed by atoms with Crippen molar-refractivity contribution in [2.24, 2.45) is 0 Å². The molecule has 0 bridgehead atoms. The summed E-state index contributed by atoms with van der Waals surface area (Å²) in [4.78, 5) is 0. The van der Waals surface area contributed by atoms with Crippen molar-refractivity contribution >= 4 is 46.4 Å². The van der Waals surface area contributed by atoms with E-state index in [4.69, 9.17) is 46.4 Å². The minimum Gasteiger partial charge on any atom is -0.0682 e. The largest absolute Gasteiger partial charge is 0.136 e. The molecular formula is C6H4Cl4. The summed E-state index contributed by atoms with van der Waals surface area (Å²) in [5.41, 5.74) is 0. The normalized spacial score (nSPS) is 11.2. The van der Waals surface area contributed by atoms with E-state index in [2.05, 4.69) is 0 Å². The van der Waals surface area contributed by atoms with Crippen LogP contribution in [0, 0.1) is 0 Å². The fourth-order valence-electron chi connectivity index (χ4n) is 0.111. The minimum absolute atomic E-state index is 0.0988. The van der Waals surface area contributed by atoms with Gasteiger partial charge in [-0.05, 0) is 0 Å². The second-order valence-electron chi connectivity index (χ2n) is 1.29. The third-order valence-corrected chi connectivity index (χ3v) is 1.73. The summed E-state index contributed by atoms with van der Waals surface area (Å²) in [7, 11) is 0. The van der Waals surface area contributed by atoms with Crippen molar-refractivity contribution in [1.82, 2.24) is 0 Å². The van der Waals surface area contributed by atoms with Gasteiger partial charge in [0.25, 0.3) is 0 Å². The van der Waals surface area contributed by atoms with E-state index in [0.29, 0.717) is 0 Å². The summed E-state index contributed by atoms with van der Waals surface area (Å²) in [5, 5.41) is 0. The van der Waals surface area contributed by atoms with E-state index in [0.717, 1.165) is 0 Å². The number of allylic oxidation sites excluding steroid dienone is 4. The van der Waals surface area contributed by atoms with Crippen LogP contribution in [0.2, 0.25) is 0 Å². The molecule has 56 valence electrons. The van der Waals surface area contributed by atoms with Gasteiger partial charge in [-0.3, -0.25) is 0 Å². The average Bonchev–Trinajstić information content (AvgIpc) is 1.59. The van der Waals surface area contributed by atoms with Crippen LogP contribution in [-0.2, 0) is 0 Å². The first-order valence-electron chi connectivity index (χ1n) is 2.34. The molecule has 0 nitrogen and oxygen atoms in total. The Balaban J connectivity index is 0.000000172. The Hall–Kier alpha value is 0.380. The number of halogens is 4. The molecule has 0 aromatic rings. The second kappa shape index (κ2) is 6.11. The van der Waals surface area contributed by atoms with Crippen molar-refractivity contribution in [3.05, 3.63) is 33.3 Å². The van der Waals surface area contributed by atoms with Crippen LogP contribution in [-0.4, -0.2) is 0 Å². The SMILES string of the molecule is C1=CC=C1.ClC(Cl)=C(Cl)Cl. The van der Waals surface area contributed by atoms with E-state index < -0.39 is 0 Å². The fourth-order valence-corrected chi connectivity index (χ4v) is 0.111. The van der Waals surface area contributed by atoms with E-state index in [9.17, 15) is 0 Å². The third kappa shape index (κ3) is 6.50. The molecule has 0 fully saturated rings. The van der Waals surface area contributed by atoms with E-state index >= 15 is 0 Å². The van der Waals surface area contributed by atoms with Crippen molar-refractivity contribution in [1.29, 1.82) is 0 Å². The molecule has 0 radical (unpaired) electrons. The second-order valence-corrected chi connectivity index (χ2v) is 3.19. The molecule has 0 aliphatic heterocycles. The molecular weight excluding hydrogens is 214 g/mol. The van der Waals surface area contributed by atoms with Crippen molar-refractivity contribution in [3.63, 3.8) is 0 Å². The highest BCUT2D eigenvalue weighted by atomic mass is 35.5. The Kier molecular flexibility index (Phi) is 6.35. The first-order chi connectivity index (χ1) is 4.64. The molecule has 0 heterocycles. The molecule has 10 heavy (non-hydrogen) atoms. The molecule has 0 saturated heterocycles. The molecule has 0 spiro atoms. The molecule has 0 aromatic heterocycles. The third-order valence-electron chi connectivity index (χ3n) is 0.587. The van der Waals surface area contributed by atoms with Gasteiger partial charge in [0, 0.05) is 0 Å². The van der Waals surface area contributed by atoms with Crippen molar-refractivity contribution in [2.45, 2.75) is 0 Å². The van der Waals surface area contributed by atoms with Gasteiger partial charge in [-0.2, -0.15) is 0 Å². The zero-order valence-corrected chi connectivity index (χ0v) is 7.84. The van der Waals surface area contributed by atoms with Gasteiger partial charge in [0.2, 0.25) is 0 Å². The first kappa shape index (κ1) is 10.4. The Morgan fingerprint density at radius 1 is 0.600 bits per heavy atom. The van der Waals surface area contributed by atoms with Crippen molar-refractivity contribution in [2.75, 3.05) is 0 Å². The highest BCUT2D eigenvalue weighted by Crippen LogP contribution is 2.20. The molecule has 1 aliphatic rings. The van der Waals surface area contributed by atoms with Gasteiger partial charge in [0.15, 0.2) is 0 Å². The molecule has 1 aliphatic carbocycles. The zero-order valence-electron chi connectivity index (χ0n) is 4.82. The maximum atomic E-state index is 4.99. The summed E-state index contributed by atoms with van der Waals surface area (Å²) < 4.78 is -0.198. The number of hydrogen-bond acceptors (Lipinski definition) is 0. The van der Waals surface area contributed by atoms with Gasteiger partial charge in [0.05, 0.1) is 0 Å². The summed E-state index contributed by atoms with van der Waals surface area (Å²) in [6.07, 6.45) is 8.00. The highest BCUT2D eigenvalue weighted by molar-refractivity contribution is 6.67. The first-order valence-corrected chi connectivity index (χ1v) is 3.85. The predicted molar refractivity (Wildman–Crippen MR) is 48.7 cm³/mol. The number of hydrogen-bond donors (Lipinski definition) is 0. The molecule has 0 N–H and O–H groups in total. The van der Waals surface area contributed by atoms with Crippen molar-refractivity contribution in [3.8, 4) is 0 Å². The smallest absolute Gasteiger partial charge is 0.0682 e. The summed E-state index contributed by atoms with van der Waals surface area (Å²) in [5.74, 6) is 0. The lowest BCUT2D eigenvalue weighted by atomic mass is 10.3. The van der Waals surface area contributed by atoms with Crippen LogP contribution in [0.15, 0.2) is 33.3 Å². The lowest BCUT2D eigenvalue weighted by Gasteiger charge is -1.77. The highest BCUT2D eigenvalue weighted by Gasteiger charge is 1.88. The molecule has 4 heteroatoms. The molecule has 0 saturated carbocycles. The lowest BCUT2D eigenvalue weighted by molar-refractivity contribution is 1.81. The van der Waals surface area contributed by atoms with E-state index in [1.54, 1.807) is 0 Å². The van der Waals surface area contributed by atoms with Crippen LogP contribution in [0.5, 0.6) is 0 Å². The summed E-state index contributed by atoms with van der Waals surface area (Å²) >= 11 is 20.0. The quantitative estimate of drug-likeness (QED) is 0.571. The Morgan fingerprint density at radius 2 is 0.800 bits per heavy atom. The van der Waals surface area contributed by atoms with Gasteiger partial charge in [-0.25, -0.2) is 0 Å². The molecule has 0 amide bonds. The van der Waals surface area contributed by atoms with Gasteiger partial charge in [0.1, 0.15) is 8.98 Å². The van der Waals surface area contributed by atoms with E-state index in [-0.39, 0.29) is 8.98 Å². The average molecular weight is 218 g/mol. The van der Waals surface area contributed by atoms with Gasteiger partial charge in [-0.1, -0.05) is 70.7 Å². The maximum Gasteiger partial charge on any atom is 0.136 e. The standard InChI is InChI=1S/C4H4.C2Cl4/c1-2-4-3-1;3-1(4)2(5)6/h1-4H;. The van der Waals surface area contributed by atoms with Gasteiger partial charge < -0.3 is 0 Å². The lowest BCUT2D eigenvalue weighted by Crippen LogP contribution is -1.55. The van der Waals surface area contributed by atoms with Crippen molar-refractivity contribution < 1.29 is 0 Å². The molecule has 0 atom stereocenters. The molecule has 0 aromatic carbocycles. The predicted octanol–water partition coefficient (Wildman–Crippen LogP) is 4.18. The minimum atomic E-state index is -0.0988. The van der Waals surface area contributed by atoms with Crippen LogP contribution in [0.4, 0.5) is 0 Å². The van der Waals surface area contributed by atoms with Gasteiger partial charge >= 0.3 is 0 Å². The Bertz CT molecular complexity index is 142. The molecule has 0 unspecified atom stereocenters. The van der Waals surface area contributed by atoms with Crippen LogP contribution in [0.1, 0.15) is 0 Å². The van der Waals surface area contributed by atoms with Crippen LogP contribution >= 0.6 is 46.4 Å². The topological polar surface area (TPSA) is 0 Å². The van der Waals surface area contributed by atoms with Gasteiger partial charge in [-0.15, -0.1) is 0 Å². The molecule has 1 rings (SSSR count). The Labute approximate surface area is 79.7 Å². The zero-order chi connectivity index (χ0) is 7.98. The maximum absolute atomic E-state index is 4.99.